The topological polar surface area (TPSA) is 56.7 Å². The van der Waals surface area contributed by atoms with E-state index in [1.165, 1.54) is 38.5 Å². The van der Waals surface area contributed by atoms with Crippen LogP contribution in [0.25, 0.3) is 94.7 Å². The minimum absolute atomic E-state index is 0.112. The molecule has 7 aromatic carbocycles. The summed E-state index contributed by atoms with van der Waals surface area (Å²) in [6.07, 6.45) is 0. The summed E-state index contributed by atoms with van der Waals surface area (Å²) in [5.41, 5.74) is 13.0. The first-order chi connectivity index (χ1) is 26.0. The van der Waals surface area contributed by atoms with Crippen LogP contribution in [0.4, 0.5) is 0 Å². The van der Waals surface area contributed by atoms with E-state index in [0.717, 1.165) is 49.8 Å². The van der Waals surface area contributed by atoms with Crippen molar-refractivity contribution in [2.75, 3.05) is 0 Å². The number of hydrogen-bond acceptors (Lipinski definition) is 4. The molecule has 0 bridgehead atoms. The molecule has 0 amide bonds. The number of para-hydroxylation sites is 2. The third-order valence-corrected chi connectivity index (χ3v) is 11.1. The molecule has 10 aromatic rings. The van der Waals surface area contributed by atoms with Gasteiger partial charge in [-0.3, -0.25) is 0 Å². The fourth-order valence-corrected chi connectivity index (χ4v) is 8.46. The van der Waals surface area contributed by atoms with Crippen LogP contribution in [0, 0.1) is 0 Å². The third-order valence-electron chi connectivity index (χ3n) is 11.1. The summed E-state index contributed by atoms with van der Waals surface area (Å²) < 4.78 is 9.28. The Morgan fingerprint density at radius 3 is 1.85 bits per heavy atom. The van der Waals surface area contributed by atoms with Gasteiger partial charge in [-0.05, 0) is 58.7 Å². The predicted molar refractivity (Wildman–Crippen MR) is 215 cm³/mol. The molecule has 1 aliphatic rings. The average Bonchev–Trinajstić information content (AvgIpc) is 3.83. The van der Waals surface area contributed by atoms with E-state index in [4.69, 9.17) is 19.4 Å². The highest BCUT2D eigenvalue weighted by Gasteiger charge is 2.36. The Bertz CT molecular complexity index is 3020. The average molecular weight is 681 g/mol. The number of aromatic nitrogens is 4. The zero-order valence-electron chi connectivity index (χ0n) is 29.2. The smallest absolute Gasteiger partial charge is 0.164 e. The lowest BCUT2D eigenvalue weighted by Crippen LogP contribution is -2.14. The van der Waals surface area contributed by atoms with E-state index in [1.807, 2.05) is 60.7 Å². The largest absolute Gasteiger partial charge is 0.454 e. The molecule has 5 heteroatoms. The van der Waals surface area contributed by atoms with E-state index in [2.05, 4.69) is 115 Å². The lowest BCUT2D eigenvalue weighted by molar-refractivity contribution is 0.660. The Hall–Kier alpha value is -6.85. The lowest BCUT2D eigenvalue weighted by atomic mass is 9.82. The van der Waals surface area contributed by atoms with Crippen LogP contribution in [-0.4, -0.2) is 19.5 Å². The van der Waals surface area contributed by atoms with E-state index in [-0.39, 0.29) is 5.41 Å². The van der Waals surface area contributed by atoms with Gasteiger partial charge in [-0.2, -0.15) is 0 Å². The molecule has 11 rings (SSSR count). The number of nitrogens with zero attached hydrogens (tertiary/aromatic N) is 4. The minimum atomic E-state index is -0.112. The molecule has 0 atom stereocenters. The van der Waals surface area contributed by atoms with Crippen molar-refractivity contribution in [2.24, 2.45) is 0 Å². The fourth-order valence-electron chi connectivity index (χ4n) is 8.46. The molecule has 53 heavy (non-hydrogen) atoms. The van der Waals surface area contributed by atoms with Gasteiger partial charge in [-0.25, -0.2) is 15.0 Å². The zero-order chi connectivity index (χ0) is 35.3. The van der Waals surface area contributed by atoms with Crippen molar-refractivity contribution in [2.45, 2.75) is 19.3 Å². The van der Waals surface area contributed by atoms with Gasteiger partial charge in [0.05, 0.1) is 16.7 Å². The van der Waals surface area contributed by atoms with Crippen LogP contribution >= 0.6 is 0 Å². The van der Waals surface area contributed by atoms with Gasteiger partial charge in [0.25, 0.3) is 0 Å². The van der Waals surface area contributed by atoms with Gasteiger partial charge >= 0.3 is 0 Å². The van der Waals surface area contributed by atoms with Crippen molar-refractivity contribution in [3.8, 4) is 51.0 Å². The summed E-state index contributed by atoms with van der Waals surface area (Å²) in [5, 5.41) is 4.57. The van der Waals surface area contributed by atoms with E-state index in [0.29, 0.717) is 17.5 Å². The van der Waals surface area contributed by atoms with Gasteiger partial charge in [0.2, 0.25) is 0 Å². The molecule has 0 unspecified atom stereocenters. The number of rotatable bonds is 4. The van der Waals surface area contributed by atoms with Crippen molar-refractivity contribution < 1.29 is 4.42 Å². The predicted octanol–water partition coefficient (Wildman–Crippen LogP) is 12.2. The number of hydrogen-bond donors (Lipinski definition) is 0. The van der Waals surface area contributed by atoms with Crippen molar-refractivity contribution in [1.29, 1.82) is 0 Å². The Kier molecular flexibility index (Phi) is 6.23. The second-order valence-electron chi connectivity index (χ2n) is 14.4. The van der Waals surface area contributed by atoms with Crippen molar-refractivity contribution in [3.05, 3.63) is 169 Å². The zero-order valence-corrected chi connectivity index (χ0v) is 29.2. The van der Waals surface area contributed by atoms with Crippen molar-refractivity contribution in [3.63, 3.8) is 0 Å². The fraction of sp³-hybridized carbons (Fsp3) is 0.0625. The van der Waals surface area contributed by atoms with Crippen LogP contribution in [0.15, 0.2) is 162 Å². The number of fused-ring (bicyclic) bond motifs is 9. The molecule has 5 nitrogen and oxygen atoms in total. The summed E-state index contributed by atoms with van der Waals surface area (Å²) in [6.45, 7) is 4.68. The van der Waals surface area contributed by atoms with Gasteiger partial charge in [0.15, 0.2) is 23.1 Å². The molecular weight excluding hydrogens is 649 g/mol. The maximum absolute atomic E-state index is 6.89. The summed E-state index contributed by atoms with van der Waals surface area (Å²) in [4.78, 5) is 14.8. The van der Waals surface area contributed by atoms with Crippen LogP contribution in [0.1, 0.15) is 25.0 Å². The van der Waals surface area contributed by atoms with Crippen LogP contribution in [0.2, 0.25) is 0 Å². The van der Waals surface area contributed by atoms with Crippen LogP contribution in [0.3, 0.4) is 0 Å². The van der Waals surface area contributed by atoms with Crippen molar-refractivity contribution in [1.82, 2.24) is 19.5 Å². The van der Waals surface area contributed by atoms with E-state index in [9.17, 15) is 0 Å². The highest BCUT2D eigenvalue weighted by molar-refractivity contribution is 6.14. The minimum Gasteiger partial charge on any atom is -0.454 e. The summed E-state index contributed by atoms with van der Waals surface area (Å²) in [7, 11) is 0. The molecule has 0 radical (unpaired) electrons. The van der Waals surface area contributed by atoms with Crippen molar-refractivity contribution >= 4 is 43.7 Å². The van der Waals surface area contributed by atoms with Gasteiger partial charge in [0.1, 0.15) is 5.58 Å². The maximum Gasteiger partial charge on any atom is 0.164 e. The highest BCUT2D eigenvalue weighted by Crippen LogP contribution is 2.51. The monoisotopic (exact) mass is 680 g/mol. The first kappa shape index (κ1) is 29.8. The molecule has 0 aliphatic heterocycles. The Balaban J connectivity index is 1.11. The Morgan fingerprint density at radius 1 is 0.453 bits per heavy atom. The van der Waals surface area contributed by atoms with Crippen LogP contribution < -0.4 is 0 Å². The maximum atomic E-state index is 6.89. The SMILES string of the molecule is CC1(C)c2ccccc2-c2cc3c4ccccc4n(-c4cccc5c4oc4cc(-c6nc(-c7ccccc7)nc(-c7ccccc7)n6)ccc45)c3cc21. The molecule has 0 spiro atoms. The molecule has 3 heterocycles. The summed E-state index contributed by atoms with van der Waals surface area (Å²) >= 11 is 0. The van der Waals surface area contributed by atoms with Gasteiger partial charge < -0.3 is 8.98 Å². The Morgan fingerprint density at radius 2 is 1.09 bits per heavy atom. The molecular formula is C48H32N4O. The second kappa shape index (κ2) is 11.1. The first-order valence-corrected chi connectivity index (χ1v) is 18.0. The quantitative estimate of drug-likeness (QED) is 0.186. The number of benzene rings is 7. The second-order valence-corrected chi connectivity index (χ2v) is 14.4. The molecule has 1 aliphatic carbocycles. The third kappa shape index (κ3) is 4.40. The normalized spacial score (nSPS) is 13.2. The number of furan rings is 1. The summed E-state index contributed by atoms with van der Waals surface area (Å²) in [5.74, 6) is 1.86. The van der Waals surface area contributed by atoms with E-state index < -0.39 is 0 Å². The first-order valence-electron chi connectivity index (χ1n) is 18.0. The van der Waals surface area contributed by atoms with Gasteiger partial charge in [0, 0.05) is 43.7 Å². The standard InChI is InChI=1S/C48H32N4O/c1-48(2)38-21-11-9-18-32(38)36-27-37-33-19-10-12-22-40(33)52(42(37)28-39(36)48)41-23-13-20-35-34-25-24-31(26-43(34)53-44(35)41)47-50-45(29-14-5-3-6-15-29)49-46(51-47)30-16-7-4-8-17-30/h3-28H,1-2H3. The molecule has 0 N–H and O–H groups in total. The van der Waals surface area contributed by atoms with Gasteiger partial charge in [-0.15, -0.1) is 0 Å². The molecule has 3 aromatic heterocycles. The van der Waals surface area contributed by atoms with Gasteiger partial charge in [-0.1, -0.05) is 135 Å². The Labute approximate surface area is 305 Å². The molecule has 0 fully saturated rings. The molecule has 0 saturated carbocycles. The van der Waals surface area contributed by atoms with Crippen LogP contribution in [0.5, 0.6) is 0 Å². The van der Waals surface area contributed by atoms with E-state index in [1.54, 1.807) is 0 Å². The lowest BCUT2D eigenvalue weighted by Gasteiger charge is -2.21. The molecule has 250 valence electrons. The van der Waals surface area contributed by atoms with Crippen LogP contribution in [-0.2, 0) is 5.41 Å². The highest BCUT2D eigenvalue weighted by atomic mass is 16.3. The molecule has 0 saturated heterocycles. The van der Waals surface area contributed by atoms with E-state index >= 15 is 0 Å². The summed E-state index contributed by atoms with van der Waals surface area (Å²) in [6, 6.07) is 55.3.